The fourth-order valence-electron chi connectivity index (χ4n) is 3.46. The minimum atomic E-state index is -1.52. The van der Waals surface area contributed by atoms with Crippen LogP contribution in [0.3, 0.4) is 0 Å². The van der Waals surface area contributed by atoms with E-state index < -0.39 is 5.60 Å². The maximum absolute atomic E-state index is 14.6. The predicted molar refractivity (Wildman–Crippen MR) is 116 cm³/mol. The van der Waals surface area contributed by atoms with Crippen molar-refractivity contribution in [3.63, 3.8) is 0 Å². The van der Waals surface area contributed by atoms with Crippen molar-refractivity contribution in [2.24, 2.45) is 0 Å². The van der Waals surface area contributed by atoms with Gasteiger partial charge in [-0.25, -0.2) is 5.11 Å². The van der Waals surface area contributed by atoms with E-state index >= 15 is 0 Å². The molecule has 0 aliphatic rings. The van der Waals surface area contributed by atoms with Gasteiger partial charge in [-0.05, 0) is 34.9 Å². The molecule has 0 fully saturated rings. The Hall–Kier alpha value is -2.85. The normalized spacial score (nSPS) is 11.4. The zero-order valence-electron chi connectivity index (χ0n) is 15.9. The van der Waals surface area contributed by atoms with Crippen LogP contribution in [0.2, 0.25) is 0 Å². The summed E-state index contributed by atoms with van der Waals surface area (Å²) in [6.07, 6.45) is 0. The summed E-state index contributed by atoms with van der Waals surface area (Å²) in [7, 11) is 0. The Morgan fingerprint density at radius 2 is 1.17 bits per heavy atom. The number of benzene rings is 4. The van der Waals surface area contributed by atoms with Crippen LogP contribution in [0.25, 0.3) is 0 Å². The molecule has 0 bridgehead atoms. The number of aliphatic hydroxyl groups is 1. The molecule has 0 heterocycles. The van der Waals surface area contributed by atoms with Crippen LogP contribution < -0.4 is 0 Å². The zero-order valence-corrected chi connectivity index (χ0v) is 16.7. The SMILES string of the molecule is [O]C(c1ccccc1)(c1ccccc1)c1ccccc1Sc1ccc(CO)cc1. The average Bonchev–Trinajstić information content (AvgIpc) is 2.80. The summed E-state index contributed by atoms with van der Waals surface area (Å²) in [5.74, 6) is 0. The van der Waals surface area contributed by atoms with Gasteiger partial charge in [-0.1, -0.05) is 103 Å². The molecule has 3 heteroatoms. The molecule has 4 rings (SSSR count). The topological polar surface area (TPSA) is 40.1 Å². The summed E-state index contributed by atoms with van der Waals surface area (Å²) in [5, 5.41) is 23.8. The molecule has 2 nitrogen and oxygen atoms in total. The van der Waals surface area contributed by atoms with Gasteiger partial charge in [-0.15, -0.1) is 0 Å². The van der Waals surface area contributed by atoms with Crippen LogP contribution in [-0.2, 0) is 17.3 Å². The highest BCUT2D eigenvalue weighted by Gasteiger charge is 2.37. The molecule has 0 atom stereocenters. The van der Waals surface area contributed by atoms with Crippen LogP contribution in [0.4, 0.5) is 0 Å². The smallest absolute Gasteiger partial charge is 0.180 e. The van der Waals surface area contributed by atoms with Crippen molar-refractivity contribution in [1.82, 2.24) is 0 Å². The summed E-state index contributed by atoms with van der Waals surface area (Å²) in [4.78, 5) is 1.95. The van der Waals surface area contributed by atoms with Crippen LogP contribution in [-0.4, -0.2) is 5.11 Å². The second kappa shape index (κ2) is 8.66. The lowest BCUT2D eigenvalue weighted by atomic mass is 9.80. The first-order chi connectivity index (χ1) is 14.2. The van der Waals surface area contributed by atoms with E-state index in [2.05, 4.69) is 0 Å². The number of hydrogen-bond acceptors (Lipinski definition) is 2. The Morgan fingerprint density at radius 1 is 0.655 bits per heavy atom. The minimum Gasteiger partial charge on any atom is -0.392 e. The minimum absolute atomic E-state index is 0.0211. The molecule has 4 aromatic rings. The van der Waals surface area contributed by atoms with E-state index in [1.54, 1.807) is 11.8 Å². The lowest BCUT2D eigenvalue weighted by Crippen LogP contribution is -2.28. The van der Waals surface area contributed by atoms with Crippen molar-refractivity contribution < 1.29 is 10.2 Å². The summed E-state index contributed by atoms with van der Waals surface area (Å²) in [5.41, 5.74) is 1.52. The van der Waals surface area contributed by atoms with Gasteiger partial charge in [0, 0.05) is 15.4 Å². The van der Waals surface area contributed by atoms with Crippen molar-refractivity contribution in [3.8, 4) is 0 Å². The van der Waals surface area contributed by atoms with E-state index in [4.69, 9.17) is 0 Å². The van der Waals surface area contributed by atoms with E-state index in [-0.39, 0.29) is 6.61 Å². The molecule has 4 aromatic carbocycles. The molecular formula is C26H21O2S. The number of hydrogen-bond donors (Lipinski definition) is 1. The Bertz CT molecular complexity index is 1020. The Labute approximate surface area is 175 Å². The molecule has 0 aromatic heterocycles. The van der Waals surface area contributed by atoms with Gasteiger partial charge in [0.1, 0.15) is 0 Å². The van der Waals surface area contributed by atoms with Crippen LogP contribution >= 0.6 is 11.8 Å². The molecular weight excluding hydrogens is 376 g/mol. The van der Waals surface area contributed by atoms with E-state index in [9.17, 15) is 10.2 Å². The molecule has 143 valence electrons. The molecule has 1 radical (unpaired) electrons. The van der Waals surface area contributed by atoms with Gasteiger partial charge >= 0.3 is 0 Å². The van der Waals surface area contributed by atoms with Crippen molar-refractivity contribution >= 4 is 11.8 Å². The first kappa shape index (κ1) is 19.5. The Balaban J connectivity index is 1.84. The fourth-order valence-corrected chi connectivity index (χ4v) is 4.45. The highest BCUT2D eigenvalue weighted by Crippen LogP contribution is 2.43. The molecule has 0 aliphatic heterocycles. The fraction of sp³-hybridized carbons (Fsp3) is 0.0769. The number of aliphatic hydroxyl groups excluding tert-OH is 1. The first-order valence-corrected chi connectivity index (χ1v) is 10.3. The zero-order chi connectivity index (χ0) is 20.1. The molecule has 0 saturated carbocycles. The summed E-state index contributed by atoms with van der Waals surface area (Å²) in [6.45, 7) is 0.0211. The predicted octanol–water partition coefficient (Wildman–Crippen LogP) is 6.05. The van der Waals surface area contributed by atoms with E-state index in [0.29, 0.717) is 0 Å². The van der Waals surface area contributed by atoms with Crippen LogP contribution in [0.5, 0.6) is 0 Å². The molecule has 29 heavy (non-hydrogen) atoms. The number of rotatable bonds is 6. The van der Waals surface area contributed by atoms with Gasteiger partial charge in [0.15, 0.2) is 5.60 Å². The quantitative estimate of drug-likeness (QED) is 0.402. The van der Waals surface area contributed by atoms with Crippen molar-refractivity contribution in [1.29, 1.82) is 0 Å². The molecule has 1 N–H and O–H groups in total. The third kappa shape index (κ3) is 3.99. The summed E-state index contributed by atoms with van der Waals surface area (Å²) >= 11 is 1.57. The first-order valence-electron chi connectivity index (χ1n) is 9.50. The highest BCUT2D eigenvalue weighted by atomic mass is 32.2. The maximum Gasteiger partial charge on any atom is 0.180 e. The van der Waals surface area contributed by atoms with Crippen LogP contribution in [0, 0.1) is 0 Å². The highest BCUT2D eigenvalue weighted by molar-refractivity contribution is 7.99. The second-order valence-corrected chi connectivity index (χ2v) is 7.93. The second-order valence-electron chi connectivity index (χ2n) is 6.81. The third-order valence-corrected chi connectivity index (χ3v) is 6.04. The molecule has 0 aliphatic carbocycles. The van der Waals surface area contributed by atoms with E-state index in [1.807, 2.05) is 109 Å². The Kier molecular flexibility index (Phi) is 5.81. The Morgan fingerprint density at radius 3 is 1.72 bits per heavy atom. The van der Waals surface area contributed by atoms with Gasteiger partial charge in [0.25, 0.3) is 0 Å². The average molecular weight is 398 g/mol. The van der Waals surface area contributed by atoms with E-state index in [1.165, 1.54) is 0 Å². The van der Waals surface area contributed by atoms with Crippen LogP contribution in [0.1, 0.15) is 22.3 Å². The molecule has 0 unspecified atom stereocenters. The van der Waals surface area contributed by atoms with Gasteiger partial charge in [-0.3, -0.25) is 0 Å². The molecule has 0 amide bonds. The standard InChI is InChI=1S/C26H21O2S/c27-19-20-15-17-23(18-16-20)29-25-14-8-7-13-24(25)26(28,21-9-3-1-4-10-21)22-11-5-2-6-12-22/h1-18,27H,19H2. The summed E-state index contributed by atoms with van der Waals surface area (Å²) < 4.78 is 0. The van der Waals surface area contributed by atoms with Gasteiger partial charge in [0.05, 0.1) is 6.61 Å². The monoisotopic (exact) mass is 397 g/mol. The van der Waals surface area contributed by atoms with Gasteiger partial charge in [-0.2, -0.15) is 0 Å². The van der Waals surface area contributed by atoms with Gasteiger partial charge < -0.3 is 5.11 Å². The third-order valence-electron chi connectivity index (χ3n) is 4.96. The lowest BCUT2D eigenvalue weighted by Gasteiger charge is -2.29. The van der Waals surface area contributed by atoms with Crippen molar-refractivity contribution in [2.45, 2.75) is 22.0 Å². The van der Waals surface area contributed by atoms with Gasteiger partial charge in [0.2, 0.25) is 0 Å². The van der Waals surface area contributed by atoms with Crippen LogP contribution in [0.15, 0.2) is 119 Å². The largest absolute Gasteiger partial charge is 0.392 e. The van der Waals surface area contributed by atoms with E-state index in [0.717, 1.165) is 32.0 Å². The molecule has 0 spiro atoms. The van der Waals surface area contributed by atoms with Crippen molar-refractivity contribution in [2.75, 3.05) is 0 Å². The summed E-state index contributed by atoms with van der Waals surface area (Å²) in [6, 6.07) is 34.7. The molecule has 0 saturated heterocycles. The lowest BCUT2D eigenvalue weighted by molar-refractivity contribution is 0.0388. The maximum atomic E-state index is 14.6. The van der Waals surface area contributed by atoms with Crippen molar-refractivity contribution in [3.05, 3.63) is 131 Å².